The van der Waals surface area contributed by atoms with Crippen LogP contribution in [0.15, 0.2) is 152 Å². The van der Waals surface area contributed by atoms with Crippen molar-refractivity contribution in [3.8, 4) is 0 Å². The van der Waals surface area contributed by atoms with Gasteiger partial charge in [-0.25, -0.2) is 4.39 Å². The van der Waals surface area contributed by atoms with Gasteiger partial charge in [-0.15, -0.1) is 6.58 Å². The molecular weight excluding hydrogens is 585 g/mol. The number of carbonyl (C=O) groups is 1. The minimum absolute atomic E-state index is 0.0943. The molecule has 1 saturated heterocycles. The molecule has 248 valence electrons. The van der Waals surface area contributed by atoms with E-state index in [1.807, 2.05) is 110 Å². The summed E-state index contributed by atoms with van der Waals surface area (Å²) >= 11 is 0. The summed E-state index contributed by atoms with van der Waals surface area (Å²) < 4.78 is 23.1. The number of para-hydroxylation sites is 1. The van der Waals surface area contributed by atoms with E-state index >= 15 is 0 Å². The summed E-state index contributed by atoms with van der Waals surface area (Å²) in [6.07, 6.45) is 6.45. The first-order valence-electron chi connectivity index (χ1n) is 16.1. The maximum Gasteiger partial charge on any atom is 0.227 e. The van der Waals surface area contributed by atoms with Crippen molar-refractivity contribution in [3.05, 3.63) is 175 Å². The highest BCUT2D eigenvalue weighted by Gasteiger charge is 2.35. The molecule has 0 N–H and O–H groups in total. The van der Waals surface area contributed by atoms with Gasteiger partial charge in [0, 0.05) is 24.8 Å². The topological polar surface area (TPSA) is 38.8 Å². The molecule has 47 heavy (non-hydrogen) atoms. The normalized spacial score (nSPS) is 13.1. The average Bonchev–Trinajstić information content (AvgIpc) is 3.50. The minimum Gasteiger partial charge on any atom is -0.489 e. The number of hydrogen-bond acceptors (Lipinski definition) is 3. The van der Waals surface area contributed by atoms with Gasteiger partial charge in [-0.3, -0.25) is 4.79 Å². The predicted molar refractivity (Wildman–Crippen MR) is 194 cm³/mol. The SMILES string of the molecule is C=C(OCc1ccccc1)C(=C)C1CCC(=O)N1c1ccccc1.C=CC.CCCCc1ccc(F)cc1.COCc1ccccc1. The second-order valence-corrected chi connectivity index (χ2v) is 10.9. The molecule has 0 spiro atoms. The number of methoxy groups -OCH3 is 1. The van der Waals surface area contributed by atoms with Crippen LogP contribution in [0.1, 0.15) is 56.2 Å². The van der Waals surface area contributed by atoms with E-state index in [0.717, 1.165) is 29.7 Å². The Balaban J connectivity index is 0.000000275. The van der Waals surface area contributed by atoms with E-state index < -0.39 is 0 Å². The van der Waals surface area contributed by atoms with Gasteiger partial charge in [-0.05, 0) is 67.1 Å². The van der Waals surface area contributed by atoms with Crippen LogP contribution in [0.3, 0.4) is 0 Å². The number of hydrogen-bond donors (Lipinski definition) is 0. The highest BCUT2D eigenvalue weighted by molar-refractivity contribution is 5.97. The van der Waals surface area contributed by atoms with Gasteiger partial charge in [0.05, 0.1) is 12.6 Å². The molecule has 4 nitrogen and oxygen atoms in total. The number of anilines is 1. The van der Waals surface area contributed by atoms with Crippen LogP contribution in [0.25, 0.3) is 0 Å². The fourth-order valence-electron chi connectivity index (χ4n) is 4.72. The van der Waals surface area contributed by atoms with Crippen molar-refractivity contribution in [2.24, 2.45) is 0 Å². The quantitative estimate of drug-likeness (QED) is 0.0935. The van der Waals surface area contributed by atoms with Crippen molar-refractivity contribution in [2.45, 2.75) is 65.2 Å². The summed E-state index contributed by atoms with van der Waals surface area (Å²) in [7, 11) is 1.70. The van der Waals surface area contributed by atoms with E-state index in [1.165, 1.54) is 36.1 Å². The number of rotatable bonds is 11. The van der Waals surface area contributed by atoms with Crippen LogP contribution < -0.4 is 4.90 Å². The van der Waals surface area contributed by atoms with E-state index in [9.17, 15) is 9.18 Å². The number of allylic oxidation sites excluding steroid dienone is 1. The first kappa shape index (κ1) is 38.4. The van der Waals surface area contributed by atoms with Gasteiger partial charge in [-0.2, -0.15) is 0 Å². The van der Waals surface area contributed by atoms with Gasteiger partial charge < -0.3 is 14.4 Å². The fraction of sp³-hybridized carbons (Fsp3) is 0.262. The number of nitrogens with zero attached hydrogens (tertiary/aromatic N) is 1. The van der Waals surface area contributed by atoms with Gasteiger partial charge in [0.1, 0.15) is 18.2 Å². The summed E-state index contributed by atoms with van der Waals surface area (Å²) in [6.45, 7) is 16.7. The van der Waals surface area contributed by atoms with Crippen molar-refractivity contribution in [3.63, 3.8) is 0 Å². The van der Waals surface area contributed by atoms with Crippen molar-refractivity contribution in [1.82, 2.24) is 0 Å². The van der Waals surface area contributed by atoms with Gasteiger partial charge in [-0.1, -0.05) is 124 Å². The van der Waals surface area contributed by atoms with E-state index in [0.29, 0.717) is 25.4 Å². The molecule has 4 aromatic rings. The van der Waals surface area contributed by atoms with Crippen LogP contribution in [-0.4, -0.2) is 19.1 Å². The molecule has 4 aromatic carbocycles. The lowest BCUT2D eigenvalue weighted by atomic mass is 10.0. The number of ether oxygens (including phenoxy) is 2. The summed E-state index contributed by atoms with van der Waals surface area (Å²) in [6, 6.07) is 36.4. The maximum absolute atomic E-state index is 12.4. The molecule has 1 fully saturated rings. The maximum atomic E-state index is 12.4. The minimum atomic E-state index is -0.148. The third-order valence-electron chi connectivity index (χ3n) is 7.15. The van der Waals surface area contributed by atoms with Crippen LogP contribution in [0.2, 0.25) is 0 Å². The summed E-state index contributed by atoms with van der Waals surface area (Å²) in [5.41, 5.74) is 5.18. The zero-order chi connectivity index (χ0) is 34.3. The van der Waals surface area contributed by atoms with Crippen molar-refractivity contribution in [1.29, 1.82) is 0 Å². The Labute approximate surface area is 281 Å². The zero-order valence-corrected chi connectivity index (χ0v) is 28.2. The molecule has 1 heterocycles. The van der Waals surface area contributed by atoms with Gasteiger partial charge in [0.25, 0.3) is 0 Å². The molecular formula is C42H50FNO3. The molecule has 5 heteroatoms. The number of benzene rings is 4. The molecule has 1 aliphatic rings. The Morgan fingerprint density at radius 3 is 1.85 bits per heavy atom. The smallest absolute Gasteiger partial charge is 0.227 e. The molecule has 0 saturated carbocycles. The molecule has 1 atom stereocenters. The largest absolute Gasteiger partial charge is 0.489 e. The van der Waals surface area contributed by atoms with Crippen molar-refractivity contribution < 1.29 is 18.7 Å². The van der Waals surface area contributed by atoms with Crippen LogP contribution >= 0.6 is 0 Å². The number of halogens is 1. The highest BCUT2D eigenvalue weighted by atomic mass is 19.1. The molecule has 5 rings (SSSR count). The average molecular weight is 636 g/mol. The Morgan fingerprint density at radius 2 is 1.34 bits per heavy atom. The Bertz CT molecular complexity index is 1450. The van der Waals surface area contributed by atoms with Crippen molar-refractivity contribution >= 4 is 11.6 Å². The first-order valence-corrected chi connectivity index (χ1v) is 16.1. The molecule has 0 bridgehead atoms. The Hall–Kier alpha value is -4.74. The van der Waals surface area contributed by atoms with Crippen LogP contribution in [-0.2, 0) is 33.9 Å². The number of unbranched alkanes of at least 4 members (excludes halogenated alkanes) is 1. The number of amides is 1. The van der Waals surface area contributed by atoms with E-state index in [-0.39, 0.29) is 17.8 Å². The summed E-state index contributed by atoms with van der Waals surface area (Å²) in [4.78, 5) is 14.1. The first-order chi connectivity index (χ1) is 22.8. The van der Waals surface area contributed by atoms with Crippen molar-refractivity contribution in [2.75, 3.05) is 12.0 Å². The van der Waals surface area contributed by atoms with Gasteiger partial charge >= 0.3 is 0 Å². The lowest BCUT2D eigenvalue weighted by Crippen LogP contribution is -2.34. The van der Waals surface area contributed by atoms with E-state index in [2.05, 4.69) is 26.7 Å². The number of aryl methyl sites for hydroxylation is 1. The molecule has 0 radical (unpaired) electrons. The molecule has 0 aromatic heterocycles. The molecule has 1 amide bonds. The second-order valence-electron chi connectivity index (χ2n) is 10.9. The lowest BCUT2D eigenvalue weighted by Gasteiger charge is -2.27. The highest BCUT2D eigenvalue weighted by Crippen LogP contribution is 2.32. The summed E-state index contributed by atoms with van der Waals surface area (Å²) in [5.74, 6) is 0.507. The summed E-state index contributed by atoms with van der Waals surface area (Å²) in [5, 5.41) is 0. The lowest BCUT2D eigenvalue weighted by molar-refractivity contribution is -0.117. The molecule has 0 aliphatic carbocycles. The van der Waals surface area contributed by atoms with E-state index in [4.69, 9.17) is 9.47 Å². The monoisotopic (exact) mass is 635 g/mol. The second kappa shape index (κ2) is 22.7. The van der Waals surface area contributed by atoms with Crippen LogP contribution in [0.4, 0.5) is 10.1 Å². The fourth-order valence-corrected chi connectivity index (χ4v) is 4.72. The third-order valence-corrected chi connectivity index (χ3v) is 7.15. The van der Waals surface area contributed by atoms with Gasteiger partial charge in [0.15, 0.2) is 0 Å². The number of carbonyl (C=O) groups excluding carboxylic acids is 1. The molecule has 1 aliphatic heterocycles. The van der Waals surface area contributed by atoms with Crippen LogP contribution in [0.5, 0.6) is 0 Å². The zero-order valence-electron chi connectivity index (χ0n) is 28.2. The standard InChI is InChI=1S/C21H21NO2.C10H13F.C8H10O.C3H6/c1-16(17(2)24-15-18-9-5-3-6-10-18)20-13-14-21(23)22(20)19-11-7-4-8-12-19;1-2-3-4-9-5-7-10(11)8-6-9;1-9-7-8-5-3-2-4-6-8;1-3-2/h3-12,20H,1-2,13-15H2;5-8H,2-4H2,1H3;2-6H,7H2,1H3;3H,1H2,2H3. The Morgan fingerprint density at radius 1 is 0.830 bits per heavy atom. The van der Waals surface area contributed by atoms with E-state index in [1.54, 1.807) is 18.1 Å². The van der Waals surface area contributed by atoms with Crippen LogP contribution in [0, 0.1) is 5.82 Å². The van der Waals surface area contributed by atoms with Gasteiger partial charge in [0.2, 0.25) is 5.91 Å². The third kappa shape index (κ3) is 14.5. The predicted octanol–water partition coefficient (Wildman–Crippen LogP) is 10.7. The Kier molecular flexibility index (Phi) is 18.6. The molecule has 1 unspecified atom stereocenters.